The van der Waals surface area contributed by atoms with E-state index >= 15 is 0 Å². The molecule has 0 aliphatic heterocycles. The molecule has 0 aromatic heterocycles. The van der Waals surface area contributed by atoms with Gasteiger partial charge in [0, 0.05) is 19.3 Å². The Balaban J connectivity index is 4.26. The quantitative estimate of drug-likeness (QED) is 0.0261. The van der Waals surface area contributed by atoms with Crippen molar-refractivity contribution in [3.63, 3.8) is 0 Å². The molecule has 6 heteroatoms. The molecule has 0 heterocycles. The molecule has 0 rings (SSSR count). The van der Waals surface area contributed by atoms with Crippen molar-refractivity contribution in [2.24, 2.45) is 0 Å². The van der Waals surface area contributed by atoms with Gasteiger partial charge in [-0.3, -0.25) is 14.4 Å². The first-order chi connectivity index (χ1) is 41.0. The van der Waals surface area contributed by atoms with Crippen LogP contribution in [0, 0.1) is 0 Å². The smallest absolute Gasteiger partial charge is 0.306 e. The van der Waals surface area contributed by atoms with Gasteiger partial charge in [-0.1, -0.05) is 344 Å². The van der Waals surface area contributed by atoms with Crippen LogP contribution in [0.25, 0.3) is 0 Å². The second kappa shape index (κ2) is 71.3. The highest BCUT2D eigenvalue weighted by Crippen LogP contribution is 2.18. The van der Waals surface area contributed by atoms with Crippen LogP contribution in [0.15, 0.2) is 72.9 Å². The number of carbonyl (C=O) groups is 3. The highest BCUT2D eigenvalue weighted by Gasteiger charge is 2.19. The Hall–Kier alpha value is -3.15. The van der Waals surface area contributed by atoms with Gasteiger partial charge in [0.15, 0.2) is 6.10 Å². The Morgan fingerprint density at radius 2 is 0.470 bits per heavy atom. The first kappa shape index (κ1) is 79.8. The summed E-state index contributed by atoms with van der Waals surface area (Å²) in [6.07, 6.45) is 93.7. The zero-order valence-corrected chi connectivity index (χ0v) is 55.5. The fourth-order valence-corrected chi connectivity index (χ4v) is 10.8. The van der Waals surface area contributed by atoms with Crippen molar-refractivity contribution >= 4 is 17.9 Å². The van der Waals surface area contributed by atoms with Gasteiger partial charge in [0.25, 0.3) is 0 Å². The van der Waals surface area contributed by atoms with Crippen molar-refractivity contribution in [1.82, 2.24) is 0 Å². The molecule has 1 unspecified atom stereocenters. The summed E-state index contributed by atoms with van der Waals surface area (Å²) < 4.78 is 17.0. The Labute approximate surface area is 516 Å². The summed E-state index contributed by atoms with van der Waals surface area (Å²) >= 11 is 0. The molecule has 0 radical (unpaired) electrons. The van der Waals surface area contributed by atoms with E-state index in [1.807, 2.05) is 0 Å². The van der Waals surface area contributed by atoms with Crippen LogP contribution in [-0.4, -0.2) is 37.2 Å². The van der Waals surface area contributed by atoms with Gasteiger partial charge in [-0.25, -0.2) is 0 Å². The molecule has 0 aromatic rings. The Morgan fingerprint density at radius 3 is 0.735 bits per heavy atom. The highest BCUT2D eigenvalue weighted by molar-refractivity contribution is 5.71. The van der Waals surface area contributed by atoms with Crippen LogP contribution in [0.3, 0.4) is 0 Å². The van der Waals surface area contributed by atoms with Crippen LogP contribution in [-0.2, 0) is 28.6 Å². The third-order valence-corrected chi connectivity index (χ3v) is 16.2. The number of hydrogen-bond donors (Lipinski definition) is 0. The lowest BCUT2D eigenvalue weighted by atomic mass is 10.0. The minimum atomic E-state index is -0.783. The maximum Gasteiger partial charge on any atom is 0.306 e. The maximum atomic E-state index is 13.0. The summed E-state index contributed by atoms with van der Waals surface area (Å²) in [5.41, 5.74) is 0. The third-order valence-electron chi connectivity index (χ3n) is 16.2. The number of carbonyl (C=O) groups excluding carboxylic acids is 3. The average Bonchev–Trinajstić information content (AvgIpc) is 3.49. The second-order valence-electron chi connectivity index (χ2n) is 24.5. The molecule has 0 saturated carbocycles. The highest BCUT2D eigenvalue weighted by atomic mass is 16.6. The molecule has 0 bridgehead atoms. The SMILES string of the molecule is CC/C=C\C/C=C\C/C=C\CCCCCCCC(=O)OCC(COC(=O)CCCCCCCCCCCCCCCC/C=C\C/C=C\C/C=C\CCCCCCC)OC(=O)CCCCCCCCCCCCCCCCCCCCCCC. The summed E-state index contributed by atoms with van der Waals surface area (Å²) in [6.45, 7) is 6.57. The van der Waals surface area contributed by atoms with Crippen LogP contribution in [0.4, 0.5) is 0 Å². The van der Waals surface area contributed by atoms with E-state index in [0.717, 1.165) is 109 Å². The van der Waals surface area contributed by atoms with Crippen molar-refractivity contribution < 1.29 is 28.6 Å². The molecule has 0 aliphatic carbocycles. The summed E-state index contributed by atoms with van der Waals surface area (Å²) in [4.78, 5) is 38.5. The molecule has 6 nitrogen and oxygen atoms in total. The molecule has 0 aliphatic rings. The fourth-order valence-electron chi connectivity index (χ4n) is 10.8. The summed E-state index contributed by atoms with van der Waals surface area (Å²) in [7, 11) is 0. The van der Waals surface area contributed by atoms with Gasteiger partial charge < -0.3 is 14.2 Å². The average molecular weight is 1160 g/mol. The molecule has 0 fully saturated rings. The van der Waals surface area contributed by atoms with Crippen LogP contribution in [0.1, 0.15) is 380 Å². The second-order valence-corrected chi connectivity index (χ2v) is 24.5. The summed E-state index contributed by atoms with van der Waals surface area (Å²) in [6, 6.07) is 0. The maximum absolute atomic E-state index is 13.0. The molecule has 482 valence electrons. The van der Waals surface area contributed by atoms with Gasteiger partial charge in [-0.05, 0) is 89.9 Å². The minimum Gasteiger partial charge on any atom is -0.462 e. The first-order valence-electron chi connectivity index (χ1n) is 36.4. The van der Waals surface area contributed by atoms with Gasteiger partial charge in [-0.15, -0.1) is 0 Å². The minimum absolute atomic E-state index is 0.0773. The monoisotopic (exact) mass is 1160 g/mol. The molecule has 83 heavy (non-hydrogen) atoms. The van der Waals surface area contributed by atoms with E-state index in [-0.39, 0.29) is 31.1 Å². The van der Waals surface area contributed by atoms with Crippen molar-refractivity contribution in [1.29, 1.82) is 0 Å². The summed E-state index contributed by atoms with van der Waals surface area (Å²) in [5.74, 6) is -0.871. The van der Waals surface area contributed by atoms with Gasteiger partial charge in [0.2, 0.25) is 0 Å². The van der Waals surface area contributed by atoms with E-state index < -0.39 is 6.10 Å². The molecule has 0 saturated heterocycles. The van der Waals surface area contributed by atoms with Gasteiger partial charge in [-0.2, -0.15) is 0 Å². The topological polar surface area (TPSA) is 78.9 Å². The van der Waals surface area contributed by atoms with E-state index in [2.05, 4.69) is 93.7 Å². The first-order valence-corrected chi connectivity index (χ1v) is 36.4. The van der Waals surface area contributed by atoms with Crippen molar-refractivity contribution in [3.05, 3.63) is 72.9 Å². The zero-order chi connectivity index (χ0) is 59.9. The standard InChI is InChI=1S/C77H138O6/c1-4-7-10-13-16-19-22-25-28-30-32-34-35-36-37-38-39-40-41-43-44-46-49-52-55-58-61-64-67-70-76(79)82-73-74(72-81-75(78)69-66-63-60-57-54-51-48-27-24-21-18-15-12-9-6-3)83-77(80)71-68-65-62-59-56-53-50-47-45-42-33-31-29-26-23-20-17-14-11-8-5-2/h9,12,18,21-22,25,27,30,32,35-36,48,74H,4-8,10-11,13-17,19-20,23-24,26,28-29,31,33-34,37-47,49-73H2,1-3H3/b12-9-,21-18-,25-22-,32-30-,36-35-,48-27-. The predicted molar refractivity (Wildman–Crippen MR) is 362 cm³/mol. The Bertz CT molecular complexity index is 1520. The molecule has 0 aromatic carbocycles. The third kappa shape index (κ3) is 69.5. The van der Waals surface area contributed by atoms with Crippen molar-refractivity contribution in [2.45, 2.75) is 386 Å². The van der Waals surface area contributed by atoms with Crippen LogP contribution < -0.4 is 0 Å². The van der Waals surface area contributed by atoms with Crippen molar-refractivity contribution in [2.75, 3.05) is 13.2 Å². The van der Waals surface area contributed by atoms with Gasteiger partial charge in [0.05, 0.1) is 0 Å². The molecule has 0 amide bonds. The predicted octanol–water partition coefficient (Wildman–Crippen LogP) is 25.2. The van der Waals surface area contributed by atoms with E-state index in [1.165, 1.54) is 231 Å². The van der Waals surface area contributed by atoms with Crippen LogP contribution >= 0.6 is 0 Å². The fraction of sp³-hybridized carbons (Fsp3) is 0.805. The van der Waals surface area contributed by atoms with Crippen LogP contribution in [0.2, 0.25) is 0 Å². The van der Waals surface area contributed by atoms with Crippen molar-refractivity contribution in [3.8, 4) is 0 Å². The number of allylic oxidation sites excluding steroid dienone is 12. The van der Waals surface area contributed by atoms with Crippen LogP contribution in [0.5, 0.6) is 0 Å². The largest absolute Gasteiger partial charge is 0.462 e. The number of unbranched alkanes of at least 4 members (excludes halogenated alkanes) is 44. The normalized spacial score (nSPS) is 12.5. The van der Waals surface area contributed by atoms with E-state index in [4.69, 9.17) is 14.2 Å². The number of esters is 3. The van der Waals surface area contributed by atoms with Gasteiger partial charge in [0.1, 0.15) is 13.2 Å². The molecule has 0 N–H and O–H groups in total. The lowest BCUT2D eigenvalue weighted by molar-refractivity contribution is -0.167. The Kier molecular flexibility index (Phi) is 68.6. The number of hydrogen-bond acceptors (Lipinski definition) is 6. The summed E-state index contributed by atoms with van der Waals surface area (Å²) in [5, 5.41) is 0. The Morgan fingerprint density at radius 1 is 0.253 bits per heavy atom. The van der Waals surface area contributed by atoms with E-state index in [9.17, 15) is 14.4 Å². The number of rotatable bonds is 67. The lowest BCUT2D eigenvalue weighted by Crippen LogP contribution is -2.30. The van der Waals surface area contributed by atoms with Gasteiger partial charge >= 0.3 is 17.9 Å². The molecule has 0 spiro atoms. The molecular weight excluding hydrogens is 1020 g/mol. The number of ether oxygens (including phenoxy) is 3. The zero-order valence-electron chi connectivity index (χ0n) is 55.5. The molecular formula is C77H138O6. The van der Waals surface area contributed by atoms with E-state index in [1.54, 1.807) is 0 Å². The molecule has 1 atom stereocenters. The lowest BCUT2D eigenvalue weighted by Gasteiger charge is -2.18. The van der Waals surface area contributed by atoms with E-state index in [0.29, 0.717) is 19.3 Å².